The fourth-order valence-corrected chi connectivity index (χ4v) is 3.24. The van der Waals surface area contributed by atoms with E-state index >= 15 is 0 Å². The first-order chi connectivity index (χ1) is 8.15. The van der Waals surface area contributed by atoms with Crippen LogP contribution in [0.4, 0.5) is 0 Å². The number of amides is 1. The molecule has 2 saturated carbocycles. The minimum Gasteiger partial charge on any atom is -0.334 e. The van der Waals surface area contributed by atoms with Crippen molar-refractivity contribution < 1.29 is 4.79 Å². The van der Waals surface area contributed by atoms with Gasteiger partial charge < -0.3 is 9.80 Å². The highest BCUT2D eigenvalue weighted by molar-refractivity contribution is 6.27. The van der Waals surface area contributed by atoms with Crippen LogP contribution >= 0.6 is 11.6 Å². The summed E-state index contributed by atoms with van der Waals surface area (Å²) < 4.78 is 0. The first-order valence-corrected chi connectivity index (χ1v) is 7.22. The van der Waals surface area contributed by atoms with Crippen LogP contribution in [-0.4, -0.2) is 53.8 Å². The van der Waals surface area contributed by atoms with Crippen LogP contribution in [0.2, 0.25) is 0 Å². The van der Waals surface area contributed by atoms with Crippen LogP contribution in [-0.2, 0) is 4.79 Å². The molecule has 2 unspecified atom stereocenters. The van der Waals surface area contributed by atoms with Gasteiger partial charge in [0, 0.05) is 18.1 Å². The van der Waals surface area contributed by atoms with Crippen LogP contribution < -0.4 is 0 Å². The Labute approximate surface area is 109 Å². The van der Waals surface area contributed by atoms with E-state index in [9.17, 15) is 4.79 Å². The van der Waals surface area contributed by atoms with Crippen LogP contribution in [0.15, 0.2) is 0 Å². The van der Waals surface area contributed by atoms with Gasteiger partial charge in [0.1, 0.15) is 5.88 Å². The second-order valence-electron chi connectivity index (χ2n) is 5.55. The van der Waals surface area contributed by atoms with Crippen molar-refractivity contribution in [2.45, 2.75) is 56.7 Å². The maximum absolute atomic E-state index is 12.0. The first kappa shape index (κ1) is 13.2. The smallest absolute Gasteiger partial charge is 0.238 e. The second kappa shape index (κ2) is 5.57. The Hall–Kier alpha value is -0.280. The minimum atomic E-state index is 0.132. The fourth-order valence-electron chi connectivity index (χ4n) is 3.10. The topological polar surface area (TPSA) is 23.6 Å². The molecule has 98 valence electrons. The number of hydrogen-bond acceptors (Lipinski definition) is 2. The molecule has 0 saturated heterocycles. The fraction of sp³-hybridized carbons (Fsp3) is 0.923. The summed E-state index contributed by atoms with van der Waals surface area (Å²) in [7, 11) is 4.25. The van der Waals surface area contributed by atoms with E-state index in [1.165, 1.54) is 32.1 Å². The van der Waals surface area contributed by atoms with Gasteiger partial charge in [-0.05, 0) is 39.8 Å². The third kappa shape index (κ3) is 2.94. The standard InChI is InChI=1S/C13H23ClN2O/c1-15(2)11-5-3-4-6-12(11)16(10-7-8-10)13(17)9-14/h10-12H,3-9H2,1-2H3. The lowest BCUT2D eigenvalue weighted by molar-refractivity contribution is -0.133. The predicted molar refractivity (Wildman–Crippen MR) is 70.3 cm³/mol. The zero-order valence-electron chi connectivity index (χ0n) is 10.9. The Bertz CT molecular complexity index is 279. The lowest BCUT2D eigenvalue weighted by Crippen LogP contribution is -2.54. The van der Waals surface area contributed by atoms with E-state index in [1.54, 1.807) is 0 Å². The summed E-state index contributed by atoms with van der Waals surface area (Å²) in [4.78, 5) is 16.4. The Morgan fingerprint density at radius 2 is 1.71 bits per heavy atom. The highest BCUT2D eigenvalue weighted by atomic mass is 35.5. The van der Waals surface area contributed by atoms with Crippen molar-refractivity contribution in [1.29, 1.82) is 0 Å². The number of rotatable bonds is 4. The molecule has 2 aliphatic carbocycles. The van der Waals surface area contributed by atoms with Gasteiger partial charge in [0.15, 0.2) is 0 Å². The van der Waals surface area contributed by atoms with Gasteiger partial charge in [-0.1, -0.05) is 12.8 Å². The van der Waals surface area contributed by atoms with Gasteiger partial charge >= 0.3 is 0 Å². The Morgan fingerprint density at radius 1 is 1.12 bits per heavy atom. The van der Waals surface area contributed by atoms with E-state index in [0.717, 1.165) is 6.42 Å². The number of likely N-dealkylation sites (N-methyl/N-ethyl adjacent to an activating group) is 1. The third-order valence-corrected chi connectivity index (χ3v) is 4.29. The Balaban J connectivity index is 2.11. The molecule has 2 aliphatic rings. The van der Waals surface area contributed by atoms with E-state index in [1.807, 2.05) is 0 Å². The normalized spacial score (nSPS) is 29.4. The lowest BCUT2D eigenvalue weighted by atomic mass is 9.88. The SMILES string of the molecule is CN(C)C1CCCCC1N(C(=O)CCl)C1CC1. The monoisotopic (exact) mass is 258 g/mol. The zero-order chi connectivity index (χ0) is 12.4. The predicted octanol–water partition coefficient (Wildman–Crippen LogP) is 2.09. The molecule has 1 amide bonds. The molecule has 2 atom stereocenters. The van der Waals surface area contributed by atoms with Crippen molar-refractivity contribution in [3.63, 3.8) is 0 Å². The van der Waals surface area contributed by atoms with Gasteiger partial charge in [-0.3, -0.25) is 4.79 Å². The highest BCUT2D eigenvalue weighted by Gasteiger charge is 2.41. The number of hydrogen-bond donors (Lipinski definition) is 0. The number of carbonyl (C=O) groups is 1. The zero-order valence-corrected chi connectivity index (χ0v) is 11.6. The molecule has 0 aromatic rings. The molecule has 0 radical (unpaired) electrons. The lowest BCUT2D eigenvalue weighted by Gasteiger charge is -2.43. The van der Waals surface area contributed by atoms with Crippen molar-refractivity contribution in [2.24, 2.45) is 0 Å². The Kier molecular flexibility index (Phi) is 4.31. The molecule has 0 N–H and O–H groups in total. The molecular weight excluding hydrogens is 236 g/mol. The van der Waals surface area contributed by atoms with Crippen molar-refractivity contribution in [3.8, 4) is 0 Å². The van der Waals surface area contributed by atoms with Crippen molar-refractivity contribution in [3.05, 3.63) is 0 Å². The van der Waals surface area contributed by atoms with E-state index in [4.69, 9.17) is 11.6 Å². The molecular formula is C13H23ClN2O. The third-order valence-electron chi connectivity index (χ3n) is 4.06. The maximum atomic E-state index is 12.0. The van der Waals surface area contributed by atoms with E-state index in [0.29, 0.717) is 18.1 Å². The summed E-state index contributed by atoms with van der Waals surface area (Å²) in [6.07, 6.45) is 7.21. The molecule has 4 heteroatoms. The summed E-state index contributed by atoms with van der Waals surface area (Å²) in [6.45, 7) is 0. The molecule has 0 aromatic heterocycles. The van der Waals surface area contributed by atoms with Gasteiger partial charge in [0.05, 0.1) is 0 Å². The first-order valence-electron chi connectivity index (χ1n) is 6.68. The quantitative estimate of drug-likeness (QED) is 0.721. The van der Waals surface area contributed by atoms with Crippen LogP contribution in [0.1, 0.15) is 38.5 Å². The molecule has 0 bridgehead atoms. The molecule has 2 rings (SSSR count). The number of carbonyl (C=O) groups excluding carboxylic acids is 1. The molecule has 0 aliphatic heterocycles. The largest absolute Gasteiger partial charge is 0.334 e. The van der Waals surface area contributed by atoms with Crippen LogP contribution in [0, 0.1) is 0 Å². The minimum absolute atomic E-state index is 0.132. The average molecular weight is 259 g/mol. The van der Waals surface area contributed by atoms with E-state index < -0.39 is 0 Å². The summed E-state index contributed by atoms with van der Waals surface area (Å²) >= 11 is 5.76. The molecule has 0 heterocycles. The van der Waals surface area contributed by atoms with Crippen molar-refractivity contribution in [1.82, 2.24) is 9.80 Å². The second-order valence-corrected chi connectivity index (χ2v) is 5.82. The number of alkyl halides is 1. The molecule has 0 spiro atoms. The van der Waals surface area contributed by atoms with Crippen molar-refractivity contribution in [2.75, 3.05) is 20.0 Å². The summed E-state index contributed by atoms with van der Waals surface area (Å²) in [5.74, 6) is 0.264. The van der Waals surface area contributed by atoms with Gasteiger partial charge in [0.25, 0.3) is 0 Å². The average Bonchev–Trinajstić information content (AvgIpc) is 3.14. The Morgan fingerprint density at radius 3 is 2.18 bits per heavy atom. The summed E-state index contributed by atoms with van der Waals surface area (Å²) in [5.41, 5.74) is 0. The maximum Gasteiger partial charge on any atom is 0.238 e. The van der Waals surface area contributed by atoms with Crippen LogP contribution in [0.25, 0.3) is 0 Å². The van der Waals surface area contributed by atoms with Gasteiger partial charge in [-0.2, -0.15) is 0 Å². The highest BCUT2D eigenvalue weighted by Crippen LogP contribution is 2.35. The van der Waals surface area contributed by atoms with Crippen LogP contribution in [0.5, 0.6) is 0 Å². The molecule has 0 aromatic carbocycles. The molecule has 17 heavy (non-hydrogen) atoms. The van der Waals surface area contributed by atoms with Crippen LogP contribution in [0.3, 0.4) is 0 Å². The molecule has 2 fully saturated rings. The van der Waals surface area contributed by atoms with Gasteiger partial charge in [0.2, 0.25) is 5.91 Å². The summed E-state index contributed by atoms with van der Waals surface area (Å²) in [5, 5.41) is 0. The number of nitrogens with zero attached hydrogens (tertiary/aromatic N) is 2. The van der Waals surface area contributed by atoms with Gasteiger partial charge in [-0.25, -0.2) is 0 Å². The van der Waals surface area contributed by atoms with E-state index in [-0.39, 0.29) is 11.8 Å². The molecule has 3 nitrogen and oxygen atoms in total. The van der Waals surface area contributed by atoms with E-state index in [2.05, 4.69) is 23.9 Å². The summed E-state index contributed by atoms with van der Waals surface area (Å²) in [6, 6.07) is 1.38. The van der Waals surface area contributed by atoms with Crippen molar-refractivity contribution >= 4 is 17.5 Å². The van der Waals surface area contributed by atoms with Gasteiger partial charge in [-0.15, -0.1) is 11.6 Å². The number of halogens is 1.